The van der Waals surface area contributed by atoms with Gasteiger partial charge in [0.15, 0.2) is 0 Å². The fourth-order valence-corrected chi connectivity index (χ4v) is 3.60. The molecule has 1 unspecified atom stereocenters. The van der Waals surface area contributed by atoms with Crippen molar-refractivity contribution in [2.75, 3.05) is 32.8 Å². The molecule has 2 aromatic rings. The summed E-state index contributed by atoms with van der Waals surface area (Å²) in [6.07, 6.45) is 0. The van der Waals surface area contributed by atoms with Crippen molar-refractivity contribution in [2.24, 2.45) is 0 Å². The highest BCUT2D eigenvalue weighted by Gasteiger charge is 2.23. The van der Waals surface area contributed by atoms with E-state index in [-0.39, 0.29) is 11.9 Å². The minimum Gasteiger partial charge on any atom is -0.379 e. The van der Waals surface area contributed by atoms with Crippen molar-refractivity contribution in [3.05, 3.63) is 65.7 Å². The van der Waals surface area contributed by atoms with Crippen LogP contribution in [0.15, 0.2) is 59.5 Å². The molecule has 2 aromatic carbocycles. The molecule has 3 rings (SSSR count). The van der Waals surface area contributed by atoms with Gasteiger partial charge in [-0.1, -0.05) is 42.1 Å². The minimum atomic E-state index is -2.47. The van der Waals surface area contributed by atoms with Gasteiger partial charge in [-0.15, -0.1) is 0 Å². The second-order valence-electron chi connectivity index (χ2n) is 6.19. The van der Waals surface area contributed by atoms with Crippen molar-refractivity contribution in [3.8, 4) is 0 Å². The molecule has 0 bridgehead atoms. The first-order chi connectivity index (χ1) is 13.1. The van der Waals surface area contributed by atoms with Gasteiger partial charge in [-0.25, -0.2) is 0 Å². The highest BCUT2D eigenvalue weighted by atomic mass is 32.2. The van der Waals surface area contributed by atoms with Gasteiger partial charge < -0.3 is 10.1 Å². The summed E-state index contributed by atoms with van der Waals surface area (Å²) >= 11 is 0.470. The second-order valence-corrected chi connectivity index (χ2v) is 7.25. The zero-order valence-electron chi connectivity index (χ0n) is 14.8. The maximum absolute atomic E-state index is 12.5. The quantitative estimate of drug-likeness (QED) is 0.728. The molecule has 1 atom stereocenters. The summed E-state index contributed by atoms with van der Waals surface area (Å²) in [7, 11) is 0. The molecule has 7 heteroatoms. The molecule has 4 nitrogen and oxygen atoms in total. The van der Waals surface area contributed by atoms with Gasteiger partial charge in [-0.2, -0.15) is 8.78 Å². The lowest BCUT2D eigenvalue weighted by Crippen LogP contribution is -2.43. The Morgan fingerprint density at radius 3 is 2.37 bits per heavy atom. The maximum Gasteiger partial charge on any atom is 0.288 e. The topological polar surface area (TPSA) is 41.6 Å². The van der Waals surface area contributed by atoms with Crippen LogP contribution in [0.5, 0.6) is 0 Å². The zero-order chi connectivity index (χ0) is 19.1. The van der Waals surface area contributed by atoms with E-state index in [1.165, 1.54) is 0 Å². The Morgan fingerprint density at radius 2 is 1.74 bits per heavy atom. The number of hydrogen-bond acceptors (Lipinski definition) is 4. The molecule has 0 aliphatic carbocycles. The van der Waals surface area contributed by atoms with Gasteiger partial charge in [0.2, 0.25) is 0 Å². The maximum atomic E-state index is 12.5. The lowest BCUT2D eigenvalue weighted by Gasteiger charge is -2.35. The molecule has 1 N–H and O–H groups in total. The van der Waals surface area contributed by atoms with Gasteiger partial charge in [0.05, 0.1) is 19.3 Å². The Morgan fingerprint density at radius 1 is 1.07 bits per heavy atom. The molecule has 27 heavy (non-hydrogen) atoms. The third-order valence-electron chi connectivity index (χ3n) is 4.47. The van der Waals surface area contributed by atoms with Crippen LogP contribution in [0.1, 0.15) is 22.0 Å². The Kier molecular flexibility index (Phi) is 7.20. The largest absolute Gasteiger partial charge is 0.379 e. The number of amides is 1. The van der Waals surface area contributed by atoms with Gasteiger partial charge in [0.25, 0.3) is 11.7 Å². The van der Waals surface area contributed by atoms with Crippen molar-refractivity contribution in [1.29, 1.82) is 0 Å². The lowest BCUT2D eigenvalue weighted by molar-refractivity contribution is 0.0162. The summed E-state index contributed by atoms with van der Waals surface area (Å²) in [5, 5.41) is 2.98. The smallest absolute Gasteiger partial charge is 0.288 e. The SMILES string of the molecule is O=C(NCC(c1ccccc1)N1CCOCC1)c1ccc(SC(F)F)cc1. The van der Waals surface area contributed by atoms with Crippen LogP contribution in [0.2, 0.25) is 0 Å². The van der Waals surface area contributed by atoms with E-state index >= 15 is 0 Å². The van der Waals surface area contributed by atoms with Crippen molar-refractivity contribution < 1.29 is 18.3 Å². The summed E-state index contributed by atoms with van der Waals surface area (Å²) in [4.78, 5) is 15.2. The molecular formula is C20H22F2N2O2S. The number of alkyl halides is 2. The molecule has 1 amide bonds. The highest BCUT2D eigenvalue weighted by Crippen LogP contribution is 2.25. The van der Waals surface area contributed by atoms with Crippen LogP contribution in [0.4, 0.5) is 8.78 Å². The molecule has 1 aliphatic heterocycles. The van der Waals surface area contributed by atoms with Gasteiger partial charge in [0.1, 0.15) is 0 Å². The first-order valence-electron chi connectivity index (χ1n) is 8.83. The number of thioether (sulfide) groups is 1. The third-order valence-corrected chi connectivity index (χ3v) is 5.19. The highest BCUT2D eigenvalue weighted by molar-refractivity contribution is 7.99. The molecule has 0 aromatic heterocycles. The predicted molar refractivity (Wildman–Crippen MR) is 102 cm³/mol. The number of rotatable bonds is 7. The van der Waals surface area contributed by atoms with Gasteiger partial charge in [-0.05, 0) is 29.8 Å². The van der Waals surface area contributed by atoms with E-state index in [2.05, 4.69) is 22.3 Å². The average molecular weight is 392 g/mol. The van der Waals surface area contributed by atoms with Gasteiger partial charge >= 0.3 is 0 Å². The first kappa shape index (κ1) is 19.8. The van der Waals surface area contributed by atoms with E-state index in [0.29, 0.717) is 42.0 Å². The molecule has 1 heterocycles. The fraction of sp³-hybridized carbons (Fsp3) is 0.350. The number of nitrogens with zero attached hydrogens (tertiary/aromatic N) is 1. The number of benzene rings is 2. The summed E-state index contributed by atoms with van der Waals surface area (Å²) in [6.45, 7) is 3.46. The second kappa shape index (κ2) is 9.82. The standard InChI is InChI=1S/C20H22F2N2O2S/c21-20(22)27-17-8-6-16(7-9-17)19(25)23-14-18(15-4-2-1-3-5-15)24-10-12-26-13-11-24/h1-9,18,20H,10-14H2,(H,23,25). The van der Waals surface area contributed by atoms with E-state index in [9.17, 15) is 13.6 Å². The Bertz CT molecular complexity index is 723. The van der Waals surface area contributed by atoms with Crippen LogP contribution in [0.3, 0.4) is 0 Å². The molecule has 0 radical (unpaired) electrons. The van der Waals surface area contributed by atoms with E-state index in [0.717, 1.165) is 18.7 Å². The van der Waals surface area contributed by atoms with Crippen molar-refractivity contribution in [3.63, 3.8) is 0 Å². The lowest BCUT2D eigenvalue weighted by atomic mass is 10.0. The number of ether oxygens (including phenoxy) is 1. The van der Waals surface area contributed by atoms with Crippen molar-refractivity contribution >= 4 is 17.7 Å². The van der Waals surface area contributed by atoms with Crippen LogP contribution in [-0.2, 0) is 4.74 Å². The number of morpholine rings is 1. The number of halogens is 2. The fourth-order valence-electron chi connectivity index (χ4n) is 3.10. The van der Waals surface area contributed by atoms with Gasteiger partial charge in [0, 0.05) is 30.1 Å². The normalized spacial score (nSPS) is 16.3. The van der Waals surface area contributed by atoms with E-state index in [1.807, 2.05) is 18.2 Å². The van der Waals surface area contributed by atoms with Crippen LogP contribution in [-0.4, -0.2) is 49.4 Å². The molecule has 144 valence electrons. The van der Waals surface area contributed by atoms with Crippen LogP contribution < -0.4 is 5.32 Å². The molecule has 1 fully saturated rings. The number of carbonyl (C=O) groups is 1. The summed E-state index contributed by atoms with van der Waals surface area (Å²) in [5.41, 5.74) is 1.60. The van der Waals surface area contributed by atoms with Gasteiger partial charge in [-0.3, -0.25) is 9.69 Å². The Hall–Kier alpha value is -1.96. The van der Waals surface area contributed by atoms with Crippen LogP contribution >= 0.6 is 11.8 Å². The molecule has 0 spiro atoms. The molecular weight excluding hydrogens is 370 g/mol. The zero-order valence-corrected chi connectivity index (χ0v) is 15.6. The third kappa shape index (κ3) is 5.76. The summed E-state index contributed by atoms with van der Waals surface area (Å²) in [5.74, 6) is -2.68. The Balaban J connectivity index is 1.64. The van der Waals surface area contributed by atoms with E-state index in [1.54, 1.807) is 24.3 Å². The molecule has 1 aliphatic rings. The molecule has 1 saturated heterocycles. The minimum absolute atomic E-state index is 0.0627. The first-order valence-corrected chi connectivity index (χ1v) is 9.71. The monoisotopic (exact) mass is 392 g/mol. The number of nitrogens with one attached hydrogen (secondary N) is 1. The summed E-state index contributed by atoms with van der Waals surface area (Å²) in [6, 6.07) is 16.4. The van der Waals surface area contributed by atoms with E-state index in [4.69, 9.17) is 4.74 Å². The van der Waals surface area contributed by atoms with Crippen LogP contribution in [0, 0.1) is 0 Å². The number of carbonyl (C=O) groups excluding carboxylic acids is 1. The average Bonchev–Trinajstić information content (AvgIpc) is 2.70. The van der Waals surface area contributed by atoms with Crippen molar-refractivity contribution in [1.82, 2.24) is 10.2 Å². The predicted octanol–water partition coefficient (Wildman–Crippen LogP) is 3.80. The van der Waals surface area contributed by atoms with E-state index < -0.39 is 5.76 Å². The van der Waals surface area contributed by atoms with Crippen LogP contribution in [0.25, 0.3) is 0 Å². The summed E-state index contributed by atoms with van der Waals surface area (Å²) < 4.78 is 30.2. The Labute approximate surface area is 161 Å². The van der Waals surface area contributed by atoms with Crippen molar-refractivity contribution in [2.45, 2.75) is 16.7 Å². The number of hydrogen-bond donors (Lipinski definition) is 1. The molecule has 0 saturated carbocycles.